The summed E-state index contributed by atoms with van der Waals surface area (Å²) in [6, 6.07) is 6.33. The van der Waals surface area contributed by atoms with Crippen molar-refractivity contribution in [1.82, 2.24) is 4.57 Å². The Hall–Kier alpha value is -2.56. The molecule has 0 bridgehead atoms. The van der Waals surface area contributed by atoms with E-state index < -0.39 is 11.9 Å². The molecule has 0 fully saturated rings. The van der Waals surface area contributed by atoms with Crippen molar-refractivity contribution in [2.45, 2.75) is 6.92 Å². The maximum Gasteiger partial charge on any atom is 0.338 e. The van der Waals surface area contributed by atoms with Crippen molar-refractivity contribution in [3.05, 3.63) is 53.3 Å². The average Bonchev–Trinajstić information content (AvgIpc) is 2.80. The standard InChI is InChI=1S/C13H11NO4/c1-8-4-5-9(12(15)16)11(10(8)13(17)18)14-6-2-3-7-14/h2-7H,1H3,(H,15,16)(H,17,18). The fourth-order valence-electron chi connectivity index (χ4n) is 1.89. The maximum atomic E-state index is 11.3. The molecule has 0 saturated heterocycles. The Morgan fingerprint density at radius 1 is 1.06 bits per heavy atom. The van der Waals surface area contributed by atoms with E-state index in [1.165, 1.54) is 16.7 Å². The van der Waals surface area contributed by atoms with E-state index in [0.717, 1.165) is 0 Å². The van der Waals surface area contributed by atoms with Gasteiger partial charge in [-0.2, -0.15) is 0 Å². The minimum atomic E-state index is -1.15. The van der Waals surface area contributed by atoms with E-state index in [0.29, 0.717) is 5.56 Å². The summed E-state index contributed by atoms with van der Waals surface area (Å²) in [5.41, 5.74) is 0.677. The summed E-state index contributed by atoms with van der Waals surface area (Å²) < 4.78 is 1.50. The van der Waals surface area contributed by atoms with Gasteiger partial charge >= 0.3 is 11.9 Å². The van der Waals surface area contributed by atoms with Crippen LogP contribution in [0.2, 0.25) is 0 Å². The lowest BCUT2D eigenvalue weighted by Crippen LogP contribution is -2.12. The van der Waals surface area contributed by atoms with Crippen molar-refractivity contribution in [3.8, 4) is 5.69 Å². The van der Waals surface area contributed by atoms with Gasteiger partial charge in [0.25, 0.3) is 0 Å². The smallest absolute Gasteiger partial charge is 0.338 e. The summed E-state index contributed by atoms with van der Waals surface area (Å²) in [4.78, 5) is 22.5. The van der Waals surface area contributed by atoms with Gasteiger partial charge in [-0.25, -0.2) is 9.59 Å². The van der Waals surface area contributed by atoms with Crippen LogP contribution in [0.4, 0.5) is 0 Å². The van der Waals surface area contributed by atoms with Crippen LogP contribution in [0, 0.1) is 6.92 Å². The van der Waals surface area contributed by atoms with Crippen molar-refractivity contribution >= 4 is 11.9 Å². The zero-order valence-corrected chi connectivity index (χ0v) is 9.62. The lowest BCUT2D eigenvalue weighted by Gasteiger charge is -2.13. The van der Waals surface area contributed by atoms with E-state index >= 15 is 0 Å². The van der Waals surface area contributed by atoms with Crippen LogP contribution in [0.5, 0.6) is 0 Å². The van der Waals surface area contributed by atoms with Gasteiger partial charge in [0, 0.05) is 12.4 Å². The van der Waals surface area contributed by atoms with Crippen LogP contribution in [0.1, 0.15) is 26.3 Å². The van der Waals surface area contributed by atoms with E-state index in [2.05, 4.69) is 0 Å². The van der Waals surface area contributed by atoms with Gasteiger partial charge in [0.15, 0.2) is 0 Å². The molecule has 0 amide bonds. The molecule has 0 unspecified atom stereocenters. The highest BCUT2D eigenvalue weighted by atomic mass is 16.4. The predicted octanol–water partition coefficient (Wildman–Crippen LogP) is 2.18. The molecule has 0 aliphatic carbocycles. The molecular formula is C13H11NO4. The third-order valence-corrected chi connectivity index (χ3v) is 2.69. The number of nitrogens with zero attached hydrogens (tertiary/aromatic N) is 1. The fourth-order valence-corrected chi connectivity index (χ4v) is 1.89. The Kier molecular flexibility index (Phi) is 2.89. The van der Waals surface area contributed by atoms with E-state index in [1.54, 1.807) is 31.5 Å². The minimum Gasteiger partial charge on any atom is -0.478 e. The molecule has 5 nitrogen and oxygen atoms in total. The molecular weight excluding hydrogens is 234 g/mol. The summed E-state index contributed by atoms with van der Waals surface area (Å²) in [6.07, 6.45) is 3.24. The monoisotopic (exact) mass is 245 g/mol. The largest absolute Gasteiger partial charge is 0.478 e. The average molecular weight is 245 g/mol. The molecule has 0 spiro atoms. The zero-order valence-electron chi connectivity index (χ0n) is 9.62. The topological polar surface area (TPSA) is 79.5 Å². The molecule has 0 aliphatic heterocycles. The highest BCUT2D eigenvalue weighted by Gasteiger charge is 2.21. The van der Waals surface area contributed by atoms with Crippen LogP contribution in [-0.4, -0.2) is 26.7 Å². The summed E-state index contributed by atoms with van der Waals surface area (Å²) in [7, 11) is 0. The molecule has 0 aliphatic rings. The SMILES string of the molecule is Cc1ccc(C(=O)O)c(-n2cccc2)c1C(=O)O. The van der Waals surface area contributed by atoms with Gasteiger partial charge in [-0.3, -0.25) is 0 Å². The molecule has 0 saturated carbocycles. The van der Waals surface area contributed by atoms with Crippen molar-refractivity contribution < 1.29 is 19.8 Å². The summed E-state index contributed by atoms with van der Waals surface area (Å²) in [5.74, 6) is -2.29. The normalized spacial score (nSPS) is 10.3. The number of benzene rings is 1. The number of aromatic carboxylic acids is 2. The second-order valence-corrected chi connectivity index (χ2v) is 3.85. The third kappa shape index (κ3) is 1.86. The Morgan fingerprint density at radius 2 is 1.67 bits per heavy atom. The highest BCUT2D eigenvalue weighted by molar-refractivity contribution is 6.01. The number of carbonyl (C=O) groups is 2. The van der Waals surface area contributed by atoms with Crippen molar-refractivity contribution in [1.29, 1.82) is 0 Å². The Bertz CT molecular complexity index is 614. The van der Waals surface area contributed by atoms with E-state index in [9.17, 15) is 14.7 Å². The molecule has 0 radical (unpaired) electrons. The molecule has 1 aromatic carbocycles. The van der Waals surface area contributed by atoms with Crippen LogP contribution in [0.3, 0.4) is 0 Å². The predicted molar refractivity (Wildman–Crippen MR) is 64.4 cm³/mol. The van der Waals surface area contributed by atoms with Crippen LogP contribution in [0.15, 0.2) is 36.7 Å². The Morgan fingerprint density at radius 3 is 2.17 bits per heavy atom. The van der Waals surface area contributed by atoms with Crippen molar-refractivity contribution in [2.75, 3.05) is 0 Å². The number of rotatable bonds is 3. The quantitative estimate of drug-likeness (QED) is 0.868. The fraction of sp³-hybridized carbons (Fsp3) is 0.0769. The third-order valence-electron chi connectivity index (χ3n) is 2.69. The maximum absolute atomic E-state index is 11.3. The second-order valence-electron chi connectivity index (χ2n) is 3.85. The number of carboxylic acids is 2. The van der Waals surface area contributed by atoms with Gasteiger partial charge in [0.05, 0.1) is 16.8 Å². The van der Waals surface area contributed by atoms with Crippen LogP contribution < -0.4 is 0 Å². The number of hydrogen-bond donors (Lipinski definition) is 2. The number of aromatic nitrogens is 1. The Labute approximate surface area is 103 Å². The molecule has 1 aromatic heterocycles. The first-order valence-corrected chi connectivity index (χ1v) is 5.26. The van der Waals surface area contributed by atoms with Crippen LogP contribution in [0.25, 0.3) is 5.69 Å². The summed E-state index contributed by atoms with van der Waals surface area (Å²) >= 11 is 0. The summed E-state index contributed by atoms with van der Waals surface area (Å²) in [6.45, 7) is 1.64. The molecule has 1 heterocycles. The van der Waals surface area contributed by atoms with Crippen LogP contribution >= 0.6 is 0 Å². The lowest BCUT2D eigenvalue weighted by molar-refractivity contribution is 0.0695. The molecule has 5 heteroatoms. The first-order chi connectivity index (χ1) is 8.52. The highest BCUT2D eigenvalue weighted by Crippen LogP contribution is 2.24. The molecule has 2 rings (SSSR count). The molecule has 92 valence electrons. The number of aryl methyl sites for hydroxylation is 1. The van der Waals surface area contributed by atoms with E-state index in [4.69, 9.17) is 5.11 Å². The van der Waals surface area contributed by atoms with Crippen LogP contribution in [-0.2, 0) is 0 Å². The summed E-state index contributed by atoms with van der Waals surface area (Å²) in [5, 5.41) is 18.4. The van der Waals surface area contributed by atoms with Gasteiger partial charge in [-0.05, 0) is 30.7 Å². The van der Waals surface area contributed by atoms with Gasteiger partial charge in [0.1, 0.15) is 0 Å². The van der Waals surface area contributed by atoms with Crippen molar-refractivity contribution in [3.63, 3.8) is 0 Å². The number of hydrogen-bond acceptors (Lipinski definition) is 2. The van der Waals surface area contributed by atoms with Gasteiger partial charge in [-0.15, -0.1) is 0 Å². The van der Waals surface area contributed by atoms with Gasteiger partial charge in [-0.1, -0.05) is 6.07 Å². The van der Waals surface area contributed by atoms with Crippen molar-refractivity contribution in [2.24, 2.45) is 0 Å². The van der Waals surface area contributed by atoms with Gasteiger partial charge in [0.2, 0.25) is 0 Å². The first-order valence-electron chi connectivity index (χ1n) is 5.26. The molecule has 0 atom stereocenters. The number of carboxylic acid groups (broad SMARTS) is 2. The zero-order chi connectivity index (χ0) is 13.3. The first kappa shape index (κ1) is 11.9. The van der Waals surface area contributed by atoms with Gasteiger partial charge < -0.3 is 14.8 Å². The van der Waals surface area contributed by atoms with E-state index in [-0.39, 0.29) is 16.8 Å². The second kappa shape index (κ2) is 4.37. The molecule has 2 N–H and O–H groups in total. The minimum absolute atomic E-state index is 0.00565. The molecule has 18 heavy (non-hydrogen) atoms. The molecule has 2 aromatic rings. The lowest BCUT2D eigenvalue weighted by atomic mass is 10.0. The Balaban J connectivity index is 2.84. The van der Waals surface area contributed by atoms with E-state index in [1.807, 2.05) is 0 Å².